The summed E-state index contributed by atoms with van der Waals surface area (Å²) >= 11 is 1.73. The summed E-state index contributed by atoms with van der Waals surface area (Å²) in [5.74, 6) is -0.0204. The highest BCUT2D eigenvalue weighted by molar-refractivity contribution is 7.11. The van der Waals surface area contributed by atoms with Gasteiger partial charge < -0.3 is 15.7 Å². The predicted octanol–water partition coefficient (Wildman–Crippen LogP) is 0.649. The lowest BCUT2D eigenvalue weighted by Crippen LogP contribution is -2.39. The van der Waals surface area contributed by atoms with Crippen molar-refractivity contribution in [2.45, 2.75) is 38.5 Å². The van der Waals surface area contributed by atoms with Crippen molar-refractivity contribution >= 4 is 17.2 Å². The van der Waals surface area contributed by atoms with E-state index < -0.39 is 0 Å². The third kappa shape index (κ3) is 3.28. The maximum atomic E-state index is 11.8. The van der Waals surface area contributed by atoms with E-state index in [-0.39, 0.29) is 18.1 Å². The average molecular weight is 254 g/mol. The standard InChI is InChI=1S/C12H18N2O2S/c1-2-9-3-4-10(17-9)7-14-12(16)11-5-8(15)6-13-11/h3-4,8,11,13,15H,2,5-7H2,1H3,(H,14,16)/t8-,11+/m0/s1. The Morgan fingerprint density at radius 2 is 2.35 bits per heavy atom. The second kappa shape index (κ2) is 5.62. The highest BCUT2D eigenvalue weighted by atomic mass is 32.1. The van der Waals surface area contributed by atoms with Crippen LogP contribution < -0.4 is 10.6 Å². The normalized spacial score (nSPS) is 23.9. The topological polar surface area (TPSA) is 61.4 Å². The molecule has 2 heterocycles. The number of aliphatic hydroxyl groups is 1. The van der Waals surface area contributed by atoms with Gasteiger partial charge in [-0.05, 0) is 25.0 Å². The highest BCUT2D eigenvalue weighted by Gasteiger charge is 2.27. The Balaban J connectivity index is 1.79. The quantitative estimate of drug-likeness (QED) is 0.739. The van der Waals surface area contributed by atoms with E-state index in [0.717, 1.165) is 6.42 Å². The minimum Gasteiger partial charge on any atom is -0.392 e. The van der Waals surface area contributed by atoms with Gasteiger partial charge in [0.25, 0.3) is 0 Å². The molecule has 0 bridgehead atoms. The molecule has 5 heteroatoms. The Morgan fingerprint density at radius 1 is 1.59 bits per heavy atom. The van der Waals surface area contributed by atoms with Gasteiger partial charge in [0.15, 0.2) is 0 Å². The van der Waals surface area contributed by atoms with Gasteiger partial charge in [0, 0.05) is 16.3 Å². The number of rotatable bonds is 4. The molecule has 1 aliphatic rings. The molecule has 0 radical (unpaired) electrons. The zero-order valence-corrected chi connectivity index (χ0v) is 10.7. The van der Waals surface area contributed by atoms with Crippen LogP contribution in [0.2, 0.25) is 0 Å². The van der Waals surface area contributed by atoms with E-state index in [1.807, 2.05) is 0 Å². The highest BCUT2D eigenvalue weighted by Crippen LogP contribution is 2.16. The number of aliphatic hydroxyl groups excluding tert-OH is 1. The molecular formula is C12H18N2O2S. The van der Waals surface area contributed by atoms with Gasteiger partial charge in [-0.2, -0.15) is 0 Å². The summed E-state index contributed by atoms with van der Waals surface area (Å²) in [6, 6.07) is 3.92. The number of aryl methyl sites for hydroxylation is 1. The Kier molecular flexibility index (Phi) is 4.15. The third-order valence-corrected chi connectivity index (χ3v) is 4.16. The maximum Gasteiger partial charge on any atom is 0.237 e. The van der Waals surface area contributed by atoms with Gasteiger partial charge in [-0.1, -0.05) is 6.92 Å². The number of amides is 1. The van der Waals surface area contributed by atoms with Crippen LogP contribution in [0.25, 0.3) is 0 Å². The number of nitrogens with one attached hydrogen (secondary N) is 2. The van der Waals surface area contributed by atoms with E-state index in [9.17, 15) is 9.90 Å². The lowest BCUT2D eigenvalue weighted by molar-refractivity contribution is -0.123. The zero-order valence-electron chi connectivity index (χ0n) is 9.90. The molecular weight excluding hydrogens is 236 g/mol. The number of hydrogen-bond donors (Lipinski definition) is 3. The van der Waals surface area contributed by atoms with E-state index in [2.05, 4.69) is 29.7 Å². The molecule has 4 nitrogen and oxygen atoms in total. The molecule has 1 aromatic heterocycles. The predicted molar refractivity (Wildman–Crippen MR) is 68.0 cm³/mol. The molecule has 3 N–H and O–H groups in total. The average Bonchev–Trinajstić information content (AvgIpc) is 2.94. The third-order valence-electron chi connectivity index (χ3n) is 2.93. The smallest absolute Gasteiger partial charge is 0.237 e. The van der Waals surface area contributed by atoms with Crippen LogP contribution >= 0.6 is 11.3 Å². The largest absolute Gasteiger partial charge is 0.392 e. The SMILES string of the molecule is CCc1ccc(CNC(=O)[C@H]2C[C@H](O)CN2)s1. The fraction of sp³-hybridized carbons (Fsp3) is 0.583. The first-order chi connectivity index (χ1) is 8.19. The molecule has 0 unspecified atom stereocenters. The summed E-state index contributed by atoms with van der Waals surface area (Å²) in [4.78, 5) is 14.3. The van der Waals surface area contributed by atoms with Crippen molar-refractivity contribution in [2.75, 3.05) is 6.54 Å². The van der Waals surface area contributed by atoms with E-state index in [1.165, 1.54) is 9.75 Å². The Morgan fingerprint density at radius 3 is 2.94 bits per heavy atom. The van der Waals surface area contributed by atoms with Crippen molar-refractivity contribution in [1.29, 1.82) is 0 Å². The van der Waals surface area contributed by atoms with E-state index in [1.54, 1.807) is 11.3 Å². The molecule has 94 valence electrons. The molecule has 0 aromatic carbocycles. The van der Waals surface area contributed by atoms with E-state index >= 15 is 0 Å². The molecule has 1 fully saturated rings. The van der Waals surface area contributed by atoms with Gasteiger partial charge in [-0.3, -0.25) is 4.79 Å². The van der Waals surface area contributed by atoms with Crippen molar-refractivity contribution in [3.05, 3.63) is 21.9 Å². The van der Waals surface area contributed by atoms with E-state index in [0.29, 0.717) is 19.5 Å². The number of thiophene rings is 1. The summed E-state index contributed by atoms with van der Waals surface area (Å²) in [5, 5.41) is 15.2. The summed E-state index contributed by atoms with van der Waals surface area (Å²) in [6.07, 6.45) is 1.16. The first kappa shape index (κ1) is 12.5. The van der Waals surface area contributed by atoms with Gasteiger partial charge in [-0.15, -0.1) is 11.3 Å². The van der Waals surface area contributed by atoms with Gasteiger partial charge in [-0.25, -0.2) is 0 Å². The van der Waals surface area contributed by atoms with Crippen molar-refractivity contribution < 1.29 is 9.90 Å². The molecule has 2 atom stereocenters. The maximum absolute atomic E-state index is 11.8. The molecule has 1 aromatic rings. The van der Waals surface area contributed by atoms with Crippen molar-refractivity contribution in [1.82, 2.24) is 10.6 Å². The van der Waals surface area contributed by atoms with Gasteiger partial charge >= 0.3 is 0 Å². The van der Waals surface area contributed by atoms with Crippen LogP contribution in [0.15, 0.2) is 12.1 Å². The Hall–Kier alpha value is -0.910. The molecule has 0 spiro atoms. The Labute approximate surface area is 105 Å². The monoisotopic (exact) mass is 254 g/mol. The second-order valence-corrected chi connectivity index (χ2v) is 5.54. The van der Waals surface area contributed by atoms with Crippen molar-refractivity contribution in [3.63, 3.8) is 0 Å². The summed E-state index contributed by atoms with van der Waals surface area (Å²) in [6.45, 7) is 3.22. The molecule has 2 rings (SSSR count). The lowest BCUT2D eigenvalue weighted by Gasteiger charge is -2.09. The van der Waals surface area contributed by atoms with Crippen LogP contribution in [-0.2, 0) is 17.8 Å². The summed E-state index contributed by atoms with van der Waals surface area (Å²) < 4.78 is 0. The molecule has 1 saturated heterocycles. The van der Waals surface area contributed by atoms with E-state index in [4.69, 9.17) is 0 Å². The molecule has 0 saturated carbocycles. The van der Waals surface area contributed by atoms with Crippen molar-refractivity contribution in [3.8, 4) is 0 Å². The second-order valence-electron chi connectivity index (χ2n) is 4.29. The van der Waals surface area contributed by atoms with Crippen LogP contribution in [0.5, 0.6) is 0 Å². The molecule has 17 heavy (non-hydrogen) atoms. The molecule has 1 amide bonds. The fourth-order valence-corrected chi connectivity index (χ4v) is 2.82. The number of β-amino-alcohol motifs (C(OH)–C–C–N with tert-alkyl or cyclic N) is 1. The van der Waals surface area contributed by atoms with Crippen LogP contribution in [0, 0.1) is 0 Å². The first-order valence-electron chi connectivity index (χ1n) is 5.95. The fourth-order valence-electron chi connectivity index (χ4n) is 1.92. The minimum absolute atomic E-state index is 0.0204. The van der Waals surface area contributed by atoms with Crippen LogP contribution in [0.3, 0.4) is 0 Å². The van der Waals surface area contributed by atoms with Crippen LogP contribution in [0.4, 0.5) is 0 Å². The number of carbonyl (C=O) groups excluding carboxylic acids is 1. The van der Waals surface area contributed by atoms with Gasteiger partial charge in [0.1, 0.15) is 0 Å². The van der Waals surface area contributed by atoms with Gasteiger partial charge in [0.2, 0.25) is 5.91 Å². The summed E-state index contributed by atoms with van der Waals surface area (Å²) in [5.41, 5.74) is 0. The lowest BCUT2D eigenvalue weighted by atomic mass is 10.2. The number of hydrogen-bond acceptors (Lipinski definition) is 4. The number of carbonyl (C=O) groups is 1. The van der Waals surface area contributed by atoms with Crippen molar-refractivity contribution in [2.24, 2.45) is 0 Å². The first-order valence-corrected chi connectivity index (χ1v) is 6.77. The summed E-state index contributed by atoms with van der Waals surface area (Å²) in [7, 11) is 0. The molecule has 1 aliphatic heterocycles. The minimum atomic E-state index is -0.390. The van der Waals surface area contributed by atoms with Crippen LogP contribution in [0.1, 0.15) is 23.1 Å². The van der Waals surface area contributed by atoms with Gasteiger partial charge in [0.05, 0.1) is 18.7 Å². The zero-order chi connectivity index (χ0) is 12.3. The Bertz CT molecular complexity index is 392. The van der Waals surface area contributed by atoms with Crippen LogP contribution in [-0.4, -0.2) is 29.7 Å². The molecule has 0 aliphatic carbocycles.